The van der Waals surface area contributed by atoms with Crippen LogP contribution >= 0.6 is 38.6 Å². The summed E-state index contributed by atoms with van der Waals surface area (Å²) >= 11 is 7.08. The average Bonchev–Trinajstić information content (AvgIpc) is 2.92. The lowest BCUT2D eigenvalue weighted by Gasteiger charge is -2.05. The van der Waals surface area contributed by atoms with E-state index in [1.807, 2.05) is 6.07 Å². The van der Waals surface area contributed by atoms with Gasteiger partial charge in [-0.3, -0.25) is 0 Å². The fraction of sp³-hybridized carbons (Fsp3) is 0.357. The minimum absolute atomic E-state index is 0.0190. The van der Waals surface area contributed by atoms with Crippen molar-refractivity contribution >= 4 is 54.6 Å². The topological polar surface area (TPSA) is 76.7 Å². The van der Waals surface area contributed by atoms with Crippen molar-refractivity contribution in [3.63, 3.8) is 0 Å². The highest BCUT2D eigenvalue weighted by Crippen LogP contribution is 2.43. The van der Waals surface area contributed by atoms with Gasteiger partial charge >= 0.3 is 0 Å². The Morgan fingerprint density at radius 1 is 1.36 bits per heavy atom. The monoisotopic (exact) mass is 395 g/mol. The first-order valence-electron chi connectivity index (χ1n) is 7.00. The number of nitrogens with zero attached hydrogens (tertiary/aromatic N) is 3. The summed E-state index contributed by atoms with van der Waals surface area (Å²) in [6.45, 7) is 0.747. The van der Waals surface area contributed by atoms with Crippen LogP contribution < -0.4 is 11.1 Å². The molecule has 1 aliphatic rings. The predicted molar refractivity (Wildman–Crippen MR) is 94.4 cm³/mol. The number of anilines is 1. The molecule has 1 fully saturated rings. The van der Waals surface area contributed by atoms with Gasteiger partial charge in [0.15, 0.2) is 5.82 Å². The number of hydrogen-bond donors (Lipinski definition) is 2. The number of fused-ring (bicyclic) bond motifs is 1. The van der Waals surface area contributed by atoms with Crippen LogP contribution in [0.15, 0.2) is 22.0 Å². The van der Waals surface area contributed by atoms with E-state index >= 15 is 0 Å². The van der Waals surface area contributed by atoms with Gasteiger partial charge in [0.2, 0.25) is 0 Å². The molecule has 4 rings (SSSR count). The largest absolute Gasteiger partial charge is 0.362 e. The smallest absolute Gasteiger partial charge is 0.170 e. The van der Waals surface area contributed by atoms with Crippen molar-refractivity contribution in [3.8, 4) is 0 Å². The molecule has 0 unspecified atom stereocenters. The lowest BCUT2D eigenvalue weighted by molar-refractivity contribution is 0.678. The van der Waals surface area contributed by atoms with Gasteiger partial charge in [-0.25, -0.2) is 0 Å². The molecule has 0 amide bonds. The molecule has 1 aliphatic carbocycles. The quantitative estimate of drug-likeness (QED) is 0.690. The van der Waals surface area contributed by atoms with Gasteiger partial charge in [0.05, 0.1) is 11.0 Å². The van der Waals surface area contributed by atoms with E-state index in [-0.39, 0.29) is 5.54 Å². The number of aromatic nitrogens is 3. The van der Waals surface area contributed by atoms with Gasteiger partial charge in [-0.15, -0.1) is 32.9 Å². The van der Waals surface area contributed by atoms with Gasteiger partial charge < -0.3 is 11.1 Å². The van der Waals surface area contributed by atoms with E-state index in [1.54, 1.807) is 22.7 Å². The molecule has 3 aromatic rings. The van der Waals surface area contributed by atoms with Crippen LogP contribution in [0.1, 0.15) is 22.6 Å². The summed E-state index contributed by atoms with van der Waals surface area (Å²) in [7, 11) is 0. The second-order valence-corrected chi connectivity index (χ2v) is 8.56. The van der Waals surface area contributed by atoms with Crippen LogP contribution in [0.4, 0.5) is 5.82 Å². The summed E-state index contributed by atoms with van der Waals surface area (Å²) in [4.78, 5) is 2.50. The zero-order valence-electron chi connectivity index (χ0n) is 11.7. The third-order valence-electron chi connectivity index (χ3n) is 3.81. The molecule has 0 aromatic carbocycles. The summed E-state index contributed by atoms with van der Waals surface area (Å²) in [5.41, 5.74) is 7.10. The Balaban J connectivity index is 1.65. The fourth-order valence-electron chi connectivity index (χ4n) is 2.33. The van der Waals surface area contributed by atoms with E-state index in [0.717, 1.165) is 46.3 Å². The van der Waals surface area contributed by atoms with E-state index in [9.17, 15) is 0 Å². The Hall–Kier alpha value is -1.09. The maximum Gasteiger partial charge on any atom is 0.170 e. The Labute approximate surface area is 144 Å². The summed E-state index contributed by atoms with van der Waals surface area (Å²) in [5, 5.41) is 17.7. The summed E-state index contributed by atoms with van der Waals surface area (Å²) in [5.74, 6) is 0.789. The highest BCUT2D eigenvalue weighted by molar-refractivity contribution is 9.10. The first kappa shape index (κ1) is 14.5. The number of rotatable bonds is 5. The van der Waals surface area contributed by atoms with Crippen LogP contribution in [0.3, 0.4) is 0 Å². The molecule has 8 heteroatoms. The van der Waals surface area contributed by atoms with E-state index < -0.39 is 0 Å². The van der Waals surface area contributed by atoms with Crippen LogP contribution in [-0.2, 0) is 13.0 Å². The minimum Gasteiger partial charge on any atom is -0.362 e. The van der Waals surface area contributed by atoms with Gasteiger partial charge in [0.25, 0.3) is 0 Å². The molecule has 0 atom stereocenters. The molecular formula is C14H14BrN5S2. The average molecular weight is 396 g/mol. The number of nitrogens with two attached hydrogens (primary N) is 1. The van der Waals surface area contributed by atoms with E-state index in [0.29, 0.717) is 0 Å². The van der Waals surface area contributed by atoms with Gasteiger partial charge in [-0.1, -0.05) is 6.07 Å². The molecule has 1 saturated carbocycles. The Kier molecular flexibility index (Phi) is 3.64. The molecular weight excluding hydrogens is 382 g/mol. The van der Waals surface area contributed by atoms with E-state index in [2.05, 4.69) is 48.1 Å². The molecule has 0 spiro atoms. The van der Waals surface area contributed by atoms with E-state index in [1.165, 1.54) is 9.75 Å². The summed E-state index contributed by atoms with van der Waals surface area (Å²) < 4.78 is 2.05. The third kappa shape index (κ3) is 2.76. The van der Waals surface area contributed by atoms with Crippen molar-refractivity contribution in [2.45, 2.75) is 31.3 Å². The molecule has 3 heterocycles. The SMILES string of the molecule is NC1(Cc2sc3c(NCc4cccs4)nnnc3c2Br)CC1. The van der Waals surface area contributed by atoms with Gasteiger partial charge in [-0.05, 0) is 45.4 Å². The van der Waals surface area contributed by atoms with Gasteiger partial charge in [-0.2, -0.15) is 0 Å². The predicted octanol–water partition coefficient (Wildman–Crippen LogP) is 3.56. The number of thiophene rings is 2. The first-order valence-corrected chi connectivity index (χ1v) is 9.49. The molecule has 0 bridgehead atoms. The zero-order chi connectivity index (χ0) is 15.2. The van der Waals surface area contributed by atoms with Crippen molar-refractivity contribution in [2.75, 3.05) is 5.32 Å². The van der Waals surface area contributed by atoms with Crippen molar-refractivity contribution in [1.29, 1.82) is 0 Å². The number of halogens is 1. The number of hydrogen-bond acceptors (Lipinski definition) is 7. The second kappa shape index (κ2) is 5.52. The molecule has 0 aliphatic heterocycles. The highest BCUT2D eigenvalue weighted by atomic mass is 79.9. The molecule has 22 heavy (non-hydrogen) atoms. The lowest BCUT2D eigenvalue weighted by atomic mass is 10.2. The Morgan fingerprint density at radius 3 is 2.95 bits per heavy atom. The second-order valence-electron chi connectivity index (χ2n) is 5.63. The molecule has 3 aromatic heterocycles. The summed E-state index contributed by atoms with van der Waals surface area (Å²) in [6, 6.07) is 4.15. The number of nitrogens with one attached hydrogen (secondary N) is 1. The zero-order valence-corrected chi connectivity index (χ0v) is 14.9. The highest BCUT2D eigenvalue weighted by Gasteiger charge is 2.39. The van der Waals surface area contributed by atoms with Crippen LogP contribution in [0.5, 0.6) is 0 Å². The summed E-state index contributed by atoms with van der Waals surface area (Å²) in [6.07, 6.45) is 3.08. The van der Waals surface area contributed by atoms with E-state index in [4.69, 9.17) is 5.73 Å². The van der Waals surface area contributed by atoms with Crippen molar-refractivity contribution in [2.24, 2.45) is 5.73 Å². The molecule has 3 N–H and O–H groups in total. The first-order chi connectivity index (χ1) is 10.6. The Morgan fingerprint density at radius 2 is 2.23 bits per heavy atom. The Bertz CT molecular complexity index is 810. The molecule has 114 valence electrons. The maximum absolute atomic E-state index is 6.25. The van der Waals surface area contributed by atoms with Crippen LogP contribution in [-0.4, -0.2) is 20.9 Å². The normalized spacial score (nSPS) is 16.1. The standard InChI is InChI=1S/C14H14BrN5S2/c15-10-9(6-14(16)3-4-14)22-12-11(10)18-20-19-13(12)17-7-8-2-1-5-21-8/h1-2,5H,3-4,6-7,16H2,(H,17,18,19). The van der Waals surface area contributed by atoms with Gasteiger partial charge in [0, 0.05) is 21.7 Å². The van der Waals surface area contributed by atoms with Crippen molar-refractivity contribution in [1.82, 2.24) is 15.4 Å². The maximum atomic E-state index is 6.25. The molecule has 0 radical (unpaired) electrons. The molecule has 5 nitrogen and oxygen atoms in total. The van der Waals surface area contributed by atoms with Crippen LogP contribution in [0.2, 0.25) is 0 Å². The fourth-order valence-corrected chi connectivity index (χ4v) is 5.00. The third-order valence-corrected chi connectivity index (χ3v) is 6.99. The minimum atomic E-state index is -0.0190. The van der Waals surface area contributed by atoms with Crippen molar-refractivity contribution < 1.29 is 0 Å². The van der Waals surface area contributed by atoms with Gasteiger partial charge in [0.1, 0.15) is 10.2 Å². The molecule has 0 saturated heterocycles. The van der Waals surface area contributed by atoms with Crippen LogP contribution in [0.25, 0.3) is 10.2 Å². The lowest BCUT2D eigenvalue weighted by Crippen LogP contribution is -2.24. The van der Waals surface area contributed by atoms with Crippen LogP contribution in [0, 0.1) is 0 Å². The van der Waals surface area contributed by atoms with Crippen molar-refractivity contribution in [3.05, 3.63) is 31.7 Å².